The zero-order chi connectivity index (χ0) is 13.4. The summed E-state index contributed by atoms with van der Waals surface area (Å²) in [5.41, 5.74) is 7.66. The van der Waals surface area contributed by atoms with Crippen molar-refractivity contribution in [3.8, 4) is 0 Å². The van der Waals surface area contributed by atoms with Crippen LogP contribution >= 0.6 is 0 Å². The summed E-state index contributed by atoms with van der Waals surface area (Å²) in [5.74, 6) is 0.527. The maximum absolute atomic E-state index is 11.5. The minimum atomic E-state index is 0.00857. The second kappa shape index (κ2) is 4.81. The van der Waals surface area contributed by atoms with Gasteiger partial charge < -0.3 is 15.8 Å². The average Bonchev–Trinajstić information content (AvgIpc) is 2.40. The smallest absolute Gasteiger partial charge is 0.220 e. The molecule has 2 aliphatic heterocycles. The second-order valence-electron chi connectivity index (χ2n) is 5.51. The number of carbonyl (C=O) groups excluding carboxylic acids is 1. The zero-order valence-electron chi connectivity index (χ0n) is 11.0. The molecule has 1 aromatic rings. The van der Waals surface area contributed by atoms with E-state index in [1.54, 1.807) is 12.4 Å². The number of fused-ring (bicyclic) bond motifs is 1. The fourth-order valence-corrected chi connectivity index (χ4v) is 3.13. The molecule has 0 unspecified atom stereocenters. The number of hydrogen-bond acceptors (Lipinski definition) is 4. The molecule has 4 atom stereocenters. The minimum Gasteiger partial charge on any atom is -0.397 e. The molecule has 0 aliphatic carbocycles. The molecular formula is C14H19N3O2. The van der Waals surface area contributed by atoms with Gasteiger partial charge in [0.1, 0.15) is 0 Å². The summed E-state index contributed by atoms with van der Waals surface area (Å²) in [5, 5.41) is 3.05. The first-order chi connectivity index (χ1) is 9.15. The third-order valence-electron chi connectivity index (χ3n) is 4.16. The zero-order valence-corrected chi connectivity index (χ0v) is 11.0. The fourth-order valence-electron chi connectivity index (χ4n) is 3.13. The first-order valence-electron chi connectivity index (χ1n) is 6.79. The molecule has 5 heteroatoms. The maximum atomic E-state index is 11.5. The Kier molecular flexibility index (Phi) is 3.14. The van der Waals surface area contributed by atoms with Crippen LogP contribution in [0.2, 0.25) is 0 Å². The Hall–Kier alpha value is -1.62. The topological polar surface area (TPSA) is 77.2 Å². The predicted molar refractivity (Wildman–Crippen MR) is 71.2 cm³/mol. The molecule has 3 N–H and O–H groups in total. The van der Waals surface area contributed by atoms with Crippen LogP contribution in [0.15, 0.2) is 18.5 Å². The molecule has 2 fully saturated rings. The number of amides is 1. The summed E-state index contributed by atoms with van der Waals surface area (Å²) in [6.07, 6.45) is 5.73. The van der Waals surface area contributed by atoms with Crippen LogP contribution in [-0.2, 0) is 9.53 Å². The summed E-state index contributed by atoms with van der Waals surface area (Å²) >= 11 is 0. The van der Waals surface area contributed by atoms with E-state index in [-0.39, 0.29) is 24.2 Å². The molecule has 2 aliphatic rings. The van der Waals surface area contributed by atoms with Crippen LogP contribution in [0.25, 0.3) is 0 Å². The van der Waals surface area contributed by atoms with Gasteiger partial charge in [0, 0.05) is 18.2 Å². The number of hydrogen-bond donors (Lipinski definition) is 2. The van der Waals surface area contributed by atoms with E-state index in [1.807, 2.05) is 6.07 Å². The minimum absolute atomic E-state index is 0.00857. The van der Waals surface area contributed by atoms with Crippen molar-refractivity contribution in [3.63, 3.8) is 0 Å². The molecule has 19 heavy (non-hydrogen) atoms. The fraction of sp³-hybridized carbons (Fsp3) is 0.571. The molecule has 0 radical (unpaired) electrons. The number of nitrogen functional groups attached to an aromatic ring is 1. The lowest BCUT2D eigenvalue weighted by molar-refractivity contribution is -0.140. The lowest BCUT2D eigenvalue weighted by atomic mass is 9.82. The third kappa shape index (κ3) is 2.30. The van der Waals surface area contributed by atoms with Gasteiger partial charge in [0.25, 0.3) is 0 Å². The van der Waals surface area contributed by atoms with Crippen LogP contribution in [0, 0.1) is 5.92 Å². The number of rotatable bonds is 1. The highest BCUT2D eigenvalue weighted by Crippen LogP contribution is 2.39. The Morgan fingerprint density at radius 1 is 1.53 bits per heavy atom. The molecule has 3 rings (SSSR count). The van der Waals surface area contributed by atoms with Gasteiger partial charge in [0.05, 0.1) is 30.1 Å². The SMILES string of the molecule is C[C@@H]1C[C@H](c2ccncc2N)O[C@@H]2CCC(=O)N[C@@H]12. The van der Waals surface area contributed by atoms with E-state index in [1.165, 1.54) is 0 Å². The van der Waals surface area contributed by atoms with Gasteiger partial charge in [-0.2, -0.15) is 0 Å². The Balaban J connectivity index is 1.81. The quantitative estimate of drug-likeness (QED) is 0.801. The van der Waals surface area contributed by atoms with Crippen LogP contribution in [0.4, 0.5) is 5.69 Å². The second-order valence-corrected chi connectivity index (χ2v) is 5.51. The van der Waals surface area contributed by atoms with E-state index in [0.717, 1.165) is 18.4 Å². The van der Waals surface area contributed by atoms with Crippen LogP contribution in [0.5, 0.6) is 0 Å². The third-order valence-corrected chi connectivity index (χ3v) is 4.16. The molecule has 0 saturated carbocycles. The van der Waals surface area contributed by atoms with E-state index < -0.39 is 0 Å². The van der Waals surface area contributed by atoms with Crippen molar-refractivity contribution >= 4 is 11.6 Å². The maximum Gasteiger partial charge on any atom is 0.220 e. The van der Waals surface area contributed by atoms with E-state index >= 15 is 0 Å². The molecule has 1 aromatic heterocycles. The van der Waals surface area contributed by atoms with E-state index in [4.69, 9.17) is 10.5 Å². The summed E-state index contributed by atoms with van der Waals surface area (Å²) in [6, 6.07) is 2.06. The highest BCUT2D eigenvalue weighted by molar-refractivity contribution is 5.77. The molecule has 0 aromatic carbocycles. The number of nitrogens with zero attached hydrogens (tertiary/aromatic N) is 1. The van der Waals surface area contributed by atoms with Gasteiger partial charge in [-0.3, -0.25) is 9.78 Å². The highest BCUT2D eigenvalue weighted by atomic mass is 16.5. The first-order valence-corrected chi connectivity index (χ1v) is 6.79. The van der Waals surface area contributed by atoms with Crippen molar-refractivity contribution in [2.24, 2.45) is 5.92 Å². The molecule has 5 nitrogen and oxygen atoms in total. The van der Waals surface area contributed by atoms with E-state index in [9.17, 15) is 4.79 Å². The molecule has 0 spiro atoms. The van der Waals surface area contributed by atoms with Gasteiger partial charge in [-0.05, 0) is 24.8 Å². The molecular weight excluding hydrogens is 242 g/mol. The number of piperidine rings is 1. The average molecular weight is 261 g/mol. The van der Waals surface area contributed by atoms with E-state index in [0.29, 0.717) is 18.0 Å². The van der Waals surface area contributed by atoms with Crippen LogP contribution in [0.1, 0.15) is 37.9 Å². The summed E-state index contributed by atoms with van der Waals surface area (Å²) in [4.78, 5) is 15.5. The lowest BCUT2D eigenvalue weighted by Crippen LogP contribution is -2.55. The van der Waals surface area contributed by atoms with Crippen LogP contribution in [-0.4, -0.2) is 23.0 Å². The lowest BCUT2D eigenvalue weighted by Gasteiger charge is -2.43. The largest absolute Gasteiger partial charge is 0.397 e. The Morgan fingerprint density at radius 3 is 3.16 bits per heavy atom. The van der Waals surface area contributed by atoms with Crippen molar-refractivity contribution in [2.45, 2.75) is 44.4 Å². The van der Waals surface area contributed by atoms with E-state index in [2.05, 4.69) is 17.2 Å². The number of nitrogens with one attached hydrogen (secondary N) is 1. The van der Waals surface area contributed by atoms with Crippen molar-refractivity contribution in [1.82, 2.24) is 10.3 Å². The van der Waals surface area contributed by atoms with Gasteiger partial charge in [0.15, 0.2) is 0 Å². The Labute approximate surface area is 112 Å². The summed E-state index contributed by atoms with van der Waals surface area (Å²) in [7, 11) is 0. The van der Waals surface area contributed by atoms with Crippen molar-refractivity contribution < 1.29 is 9.53 Å². The molecule has 0 bridgehead atoms. The Morgan fingerprint density at radius 2 is 2.37 bits per heavy atom. The summed E-state index contributed by atoms with van der Waals surface area (Å²) in [6.45, 7) is 2.16. The highest BCUT2D eigenvalue weighted by Gasteiger charge is 2.40. The Bertz CT molecular complexity index is 491. The number of aromatic nitrogens is 1. The van der Waals surface area contributed by atoms with Crippen molar-refractivity contribution in [2.75, 3.05) is 5.73 Å². The van der Waals surface area contributed by atoms with Crippen LogP contribution in [0.3, 0.4) is 0 Å². The molecule has 1 amide bonds. The summed E-state index contributed by atoms with van der Waals surface area (Å²) < 4.78 is 6.15. The van der Waals surface area contributed by atoms with Gasteiger partial charge in [-0.1, -0.05) is 6.92 Å². The van der Waals surface area contributed by atoms with Crippen molar-refractivity contribution in [1.29, 1.82) is 0 Å². The van der Waals surface area contributed by atoms with Gasteiger partial charge in [0.2, 0.25) is 5.91 Å². The monoisotopic (exact) mass is 261 g/mol. The van der Waals surface area contributed by atoms with Gasteiger partial charge in [-0.25, -0.2) is 0 Å². The predicted octanol–water partition coefficient (Wildman–Crippen LogP) is 1.41. The van der Waals surface area contributed by atoms with Crippen LogP contribution < -0.4 is 11.1 Å². The number of carbonyl (C=O) groups is 1. The molecule has 3 heterocycles. The normalized spacial score (nSPS) is 34.5. The number of anilines is 1. The first kappa shape index (κ1) is 12.4. The molecule has 2 saturated heterocycles. The standard InChI is InChI=1S/C14H19N3O2/c1-8-6-12(9-4-5-16-7-10(9)15)19-11-2-3-13(18)17-14(8)11/h4-5,7-8,11-12,14H,2-3,6,15H2,1H3,(H,17,18)/t8-,11-,12-,14+/m1/s1. The number of ether oxygens (including phenoxy) is 1. The van der Waals surface area contributed by atoms with Gasteiger partial charge in [-0.15, -0.1) is 0 Å². The van der Waals surface area contributed by atoms with Crippen molar-refractivity contribution in [3.05, 3.63) is 24.0 Å². The van der Waals surface area contributed by atoms with Gasteiger partial charge >= 0.3 is 0 Å². The number of pyridine rings is 1. The molecule has 102 valence electrons. The number of nitrogens with two attached hydrogens (primary N) is 1.